The second kappa shape index (κ2) is 31.5. The average Bonchev–Trinajstić information content (AvgIpc) is 3.31. The molecule has 0 saturated heterocycles. The molecule has 0 unspecified atom stereocenters. The number of primary amides is 1. The number of carbonyl (C=O) groups is 11. The van der Waals surface area contributed by atoms with Crippen LogP contribution >= 0.6 is 0 Å². The maximum Gasteiger partial charge on any atom is 0.326 e. The number of carboxylic acid groups (broad SMARTS) is 1. The molecule has 0 saturated carbocycles. The van der Waals surface area contributed by atoms with Gasteiger partial charge in [-0.15, -0.1) is 0 Å². The number of aliphatic imine (C=N–C) groups is 1. The Morgan fingerprint density at radius 3 is 1.57 bits per heavy atom. The third-order valence-electron chi connectivity index (χ3n) is 10.2. The summed E-state index contributed by atoms with van der Waals surface area (Å²) in [5, 5.41) is 68.5. The maximum absolute atomic E-state index is 13.9. The van der Waals surface area contributed by atoms with Crippen molar-refractivity contribution in [2.24, 2.45) is 39.8 Å². The molecule has 8 atom stereocenters. The van der Waals surface area contributed by atoms with Gasteiger partial charge in [0.1, 0.15) is 54.1 Å². The highest BCUT2D eigenvalue weighted by molar-refractivity contribution is 5.98. The van der Waals surface area contributed by atoms with Crippen LogP contribution in [0.2, 0.25) is 0 Å². The monoisotopic (exact) mass is 1020 g/mol. The van der Waals surface area contributed by atoms with Gasteiger partial charge in [-0.25, -0.2) is 4.79 Å². The summed E-state index contributed by atoms with van der Waals surface area (Å²) in [5.41, 5.74) is 22.0. The van der Waals surface area contributed by atoms with Crippen molar-refractivity contribution in [2.45, 2.75) is 102 Å². The number of carbonyl (C=O) groups excluding carboxylic acids is 10. The lowest BCUT2D eigenvalue weighted by Gasteiger charge is -2.27. The van der Waals surface area contributed by atoms with Gasteiger partial charge in [-0.2, -0.15) is 0 Å². The van der Waals surface area contributed by atoms with Crippen LogP contribution in [0, 0.1) is 11.8 Å². The molecule has 72 heavy (non-hydrogen) atoms. The number of nitrogens with zero attached hydrogens (tertiary/aromatic N) is 1. The number of hydrogen-bond acceptors (Lipinski definition) is 17. The van der Waals surface area contributed by atoms with E-state index in [1.54, 1.807) is 27.7 Å². The van der Waals surface area contributed by atoms with E-state index < -0.39 is 165 Å². The first kappa shape index (κ1) is 62.3. The first-order chi connectivity index (χ1) is 33.7. The fourth-order valence-electron chi connectivity index (χ4n) is 6.15. The number of amides is 10. The highest BCUT2D eigenvalue weighted by Gasteiger charge is 2.34. The predicted octanol–water partition coefficient (Wildman–Crippen LogP) is -8.81. The summed E-state index contributed by atoms with van der Waals surface area (Å²) in [5.74, 6) is -13.2. The molecule has 1 rings (SSSR count). The van der Waals surface area contributed by atoms with Crippen molar-refractivity contribution in [3.8, 4) is 5.75 Å². The van der Waals surface area contributed by atoms with Crippen molar-refractivity contribution >= 4 is 71.0 Å². The fraction of sp³-hybridized carbons (Fsp3) is 0.571. The highest BCUT2D eigenvalue weighted by atomic mass is 16.4. The molecule has 0 aliphatic rings. The predicted molar refractivity (Wildman–Crippen MR) is 252 cm³/mol. The second-order valence-electron chi connectivity index (χ2n) is 16.8. The number of rotatable bonds is 32. The van der Waals surface area contributed by atoms with Crippen LogP contribution in [0.25, 0.3) is 0 Å². The molecule has 0 bridgehead atoms. The summed E-state index contributed by atoms with van der Waals surface area (Å²) in [6.45, 7) is 1.75. The summed E-state index contributed by atoms with van der Waals surface area (Å²) in [6.07, 6.45) is -1.37. The second-order valence-corrected chi connectivity index (χ2v) is 16.8. The van der Waals surface area contributed by atoms with Gasteiger partial charge in [0.25, 0.3) is 0 Å². The SMILES string of the molecule is CC(C)[C@H](NC(=O)[C@@H](NC(=O)[C@H](CO)NC(=O)CNC(=O)CNC(=O)[C@H](CC(N)=O)NC(=O)[C@H](CCCN=C(N)N)NC(=O)[C@H](Cc1ccc(O)cc1)NC(=O)[C@H](CO)NC(=O)[C@@H](N)CO)C(C)C)C(=O)O. The molecule has 0 fully saturated rings. The van der Waals surface area contributed by atoms with Crippen LogP contribution in [0.15, 0.2) is 29.3 Å². The number of phenols is 1. The molecule has 0 heterocycles. The molecule has 1 aromatic carbocycles. The number of aromatic hydroxyl groups is 1. The Morgan fingerprint density at radius 2 is 1.04 bits per heavy atom. The Kier molecular flexibility index (Phi) is 27.3. The van der Waals surface area contributed by atoms with Gasteiger partial charge in [0.15, 0.2) is 5.96 Å². The summed E-state index contributed by atoms with van der Waals surface area (Å²) < 4.78 is 0. The Bertz CT molecular complexity index is 2090. The van der Waals surface area contributed by atoms with Crippen molar-refractivity contribution in [1.82, 2.24) is 47.9 Å². The van der Waals surface area contributed by atoms with E-state index in [-0.39, 0.29) is 37.5 Å². The zero-order valence-electron chi connectivity index (χ0n) is 40.1. The number of nitrogens with two attached hydrogens (primary N) is 4. The molecular formula is C42H68N14O16. The van der Waals surface area contributed by atoms with E-state index in [0.29, 0.717) is 5.56 Å². The van der Waals surface area contributed by atoms with Crippen molar-refractivity contribution < 1.29 is 78.3 Å². The van der Waals surface area contributed by atoms with Crippen molar-refractivity contribution in [1.29, 1.82) is 0 Å². The van der Waals surface area contributed by atoms with Crippen molar-refractivity contribution in [3.63, 3.8) is 0 Å². The number of hydrogen-bond donors (Lipinski definition) is 18. The smallest absolute Gasteiger partial charge is 0.326 e. The lowest BCUT2D eigenvalue weighted by Crippen LogP contribution is -2.60. The van der Waals surface area contributed by atoms with Crippen LogP contribution in [-0.4, -0.2) is 184 Å². The minimum absolute atomic E-state index is 0.0161. The molecule has 30 heteroatoms. The molecule has 0 aliphatic heterocycles. The lowest BCUT2D eigenvalue weighted by atomic mass is 10.00. The molecule has 0 radical (unpaired) electrons. The number of carboxylic acids is 1. The minimum atomic E-state index is -1.78. The van der Waals surface area contributed by atoms with Crippen LogP contribution in [-0.2, 0) is 59.2 Å². The molecule has 0 aromatic heterocycles. The highest BCUT2D eigenvalue weighted by Crippen LogP contribution is 2.13. The lowest BCUT2D eigenvalue weighted by molar-refractivity contribution is -0.144. The quantitative estimate of drug-likeness (QED) is 0.0181. The number of guanidine groups is 1. The van der Waals surface area contributed by atoms with Crippen molar-refractivity contribution in [3.05, 3.63) is 29.8 Å². The van der Waals surface area contributed by atoms with Crippen LogP contribution < -0.4 is 70.8 Å². The van der Waals surface area contributed by atoms with E-state index in [0.717, 1.165) is 0 Å². The zero-order chi connectivity index (χ0) is 54.8. The average molecular weight is 1030 g/mol. The molecule has 30 nitrogen and oxygen atoms in total. The number of phenolic OH excluding ortho intramolecular Hbond substituents is 1. The van der Waals surface area contributed by atoms with Gasteiger partial charge >= 0.3 is 5.97 Å². The van der Waals surface area contributed by atoms with Crippen LogP contribution in [0.1, 0.15) is 52.5 Å². The number of aliphatic carboxylic acids is 1. The Labute approximate surface area is 413 Å². The zero-order valence-corrected chi connectivity index (χ0v) is 40.1. The van der Waals surface area contributed by atoms with Gasteiger partial charge in [0, 0.05) is 13.0 Å². The van der Waals surface area contributed by atoms with E-state index >= 15 is 0 Å². The summed E-state index contributed by atoms with van der Waals surface area (Å²) in [6, 6.07) is -6.86. The van der Waals surface area contributed by atoms with E-state index in [2.05, 4.69) is 52.8 Å². The van der Waals surface area contributed by atoms with Crippen LogP contribution in [0.3, 0.4) is 0 Å². The summed E-state index contributed by atoms with van der Waals surface area (Å²) in [4.78, 5) is 145. The Hall–Kier alpha value is -7.70. The van der Waals surface area contributed by atoms with Crippen LogP contribution in [0.4, 0.5) is 0 Å². The standard InChI is InChI=1S/C42H68N14O16/c1-19(2)32(40(70)56-33(20(3)4)41(71)72)55-39(69)27(17-58)50-31(63)15-48-30(62)14-49-35(65)26(13-29(44)61)53-36(66)24(6-5-11-47-42(45)46)51-37(67)25(12-21-7-9-22(60)10-8-21)52-38(68)28(18-59)54-34(64)23(43)16-57/h7-10,19-20,23-28,32-33,57-60H,5-6,11-18,43H2,1-4H3,(H2,44,61)(H,48,62)(H,49,65)(H,50,63)(H,51,67)(H,52,68)(H,53,66)(H,54,64)(H,55,69)(H,56,70)(H,71,72)(H4,45,46,47)/t23-,24-,25-,26-,27-,28-,32-,33-/m0/s1. The summed E-state index contributed by atoms with van der Waals surface area (Å²) >= 11 is 0. The van der Waals surface area contributed by atoms with Gasteiger partial charge in [-0.1, -0.05) is 39.8 Å². The Balaban J connectivity index is 3.18. The largest absolute Gasteiger partial charge is 0.508 e. The molecule has 402 valence electrons. The summed E-state index contributed by atoms with van der Waals surface area (Å²) in [7, 11) is 0. The number of aliphatic hydroxyl groups excluding tert-OH is 3. The van der Waals surface area contributed by atoms with E-state index in [1.165, 1.54) is 24.3 Å². The van der Waals surface area contributed by atoms with Crippen molar-refractivity contribution in [2.75, 3.05) is 39.5 Å². The van der Waals surface area contributed by atoms with E-state index in [9.17, 15) is 78.3 Å². The molecule has 0 spiro atoms. The third kappa shape index (κ3) is 22.8. The van der Waals surface area contributed by atoms with E-state index in [1.807, 2.05) is 0 Å². The maximum atomic E-state index is 13.9. The van der Waals surface area contributed by atoms with Gasteiger partial charge in [-0.3, -0.25) is 52.9 Å². The molecule has 1 aromatic rings. The molecule has 10 amide bonds. The van der Waals surface area contributed by atoms with Gasteiger partial charge in [0.2, 0.25) is 59.1 Å². The number of benzene rings is 1. The van der Waals surface area contributed by atoms with Crippen LogP contribution in [0.5, 0.6) is 5.75 Å². The molecular weight excluding hydrogens is 957 g/mol. The normalized spacial score (nSPS) is 14.2. The Morgan fingerprint density at radius 1 is 0.556 bits per heavy atom. The van der Waals surface area contributed by atoms with E-state index in [4.69, 9.17) is 22.9 Å². The first-order valence-corrected chi connectivity index (χ1v) is 22.3. The molecule has 0 aliphatic carbocycles. The number of nitrogens with one attached hydrogen (secondary N) is 9. The number of aliphatic hydroxyl groups is 3. The molecule has 22 N–H and O–H groups in total. The van der Waals surface area contributed by atoms with Gasteiger partial charge < -0.3 is 96.3 Å². The minimum Gasteiger partial charge on any atom is -0.508 e. The topological polar surface area (TPSA) is 514 Å². The fourth-order valence-corrected chi connectivity index (χ4v) is 6.15. The van der Waals surface area contributed by atoms with Gasteiger partial charge in [0.05, 0.1) is 39.3 Å². The third-order valence-corrected chi connectivity index (χ3v) is 10.2. The first-order valence-electron chi connectivity index (χ1n) is 22.3. The van der Waals surface area contributed by atoms with Gasteiger partial charge in [-0.05, 0) is 42.4 Å².